The molecule has 2 aliphatic rings. The van der Waals surface area contributed by atoms with Crippen LogP contribution in [-0.2, 0) is 14.6 Å². The Kier molecular flexibility index (Phi) is 4.27. The average Bonchev–Trinajstić information content (AvgIpc) is 2.47. The maximum atomic E-state index is 12.1. The fourth-order valence-corrected chi connectivity index (χ4v) is 4.57. The molecule has 2 unspecified atom stereocenters. The molecule has 0 aromatic rings. The van der Waals surface area contributed by atoms with Gasteiger partial charge in [0.2, 0.25) is 5.91 Å². The normalized spacial score (nSPS) is 33.2. The minimum Gasteiger partial charge on any atom is -0.340 e. The Morgan fingerprint density at radius 1 is 1.39 bits per heavy atom. The van der Waals surface area contributed by atoms with Gasteiger partial charge in [0.25, 0.3) is 0 Å². The second-order valence-electron chi connectivity index (χ2n) is 5.37. The molecule has 0 aromatic carbocycles. The summed E-state index contributed by atoms with van der Waals surface area (Å²) in [6, 6.07) is 0. The summed E-state index contributed by atoms with van der Waals surface area (Å²) in [4.78, 5) is 13.9. The van der Waals surface area contributed by atoms with Crippen LogP contribution in [0.1, 0.15) is 26.2 Å². The van der Waals surface area contributed by atoms with Gasteiger partial charge in [-0.2, -0.15) is 0 Å². The van der Waals surface area contributed by atoms with Gasteiger partial charge in [0.1, 0.15) is 0 Å². The maximum absolute atomic E-state index is 12.1. The summed E-state index contributed by atoms with van der Waals surface area (Å²) in [5, 5.41) is 2.86. The zero-order valence-electron chi connectivity index (χ0n) is 10.9. The number of rotatable bonds is 2. The molecule has 1 amide bonds. The third kappa shape index (κ3) is 3.03. The summed E-state index contributed by atoms with van der Waals surface area (Å²) in [7, 11) is -2.99. The van der Waals surface area contributed by atoms with Crippen LogP contribution in [0.4, 0.5) is 0 Å². The fourth-order valence-electron chi connectivity index (χ4n) is 2.70. The number of amides is 1. The Morgan fingerprint density at radius 2 is 2.17 bits per heavy atom. The van der Waals surface area contributed by atoms with Crippen LogP contribution in [0, 0.1) is 5.92 Å². The van der Waals surface area contributed by atoms with Gasteiger partial charge in [-0.15, -0.1) is 0 Å². The molecule has 0 saturated carbocycles. The Bertz CT molecular complexity index is 408. The number of carbonyl (C=O) groups excluding carboxylic acids is 1. The molecular weight excluding hydrogens is 252 g/mol. The SMILES string of the molecule is CC1CNCCN(CC2CCCCS2(=O)=O)C1=O. The molecule has 104 valence electrons. The molecule has 0 bridgehead atoms. The highest BCUT2D eigenvalue weighted by atomic mass is 32.2. The minimum atomic E-state index is -2.99. The summed E-state index contributed by atoms with van der Waals surface area (Å²) in [5.41, 5.74) is 0. The highest BCUT2D eigenvalue weighted by Gasteiger charge is 2.33. The van der Waals surface area contributed by atoms with Crippen molar-refractivity contribution < 1.29 is 13.2 Å². The summed E-state index contributed by atoms with van der Waals surface area (Å²) >= 11 is 0. The van der Waals surface area contributed by atoms with E-state index >= 15 is 0 Å². The van der Waals surface area contributed by atoms with Crippen molar-refractivity contribution >= 4 is 15.7 Å². The predicted octanol–water partition coefficient (Wildman–Crippen LogP) is 0.0216. The molecule has 2 aliphatic heterocycles. The van der Waals surface area contributed by atoms with Crippen molar-refractivity contribution in [2.24, 2.45) is 5.92 Å². The van der Waals surface area contributed by atoms with Crippen LogP contribution in [0.5, 0.6) is 0 Å². The van der Waals surface area contributed by atoms with Crippen LogP contribution >= 0.6 is 0 Å². The number of sulfone groups is 1. The molecule has 0 radical (unpaired) electrons. The molecular formula is C12H22N2O3S. The van der Waals surface area contributed by atoms with Crippen LogP contribution in [0.15, 0.2) is 0 Å². The van der Waals surface area contributed by atoms with E-state index in [1.54, 1.807) is 4.90 Å². The highest BCUT2D eigenvalue weighted by Crippen LogP contribution is 2.21. The highest BCUT2D eigenvalue weighted by molar-refractivity contribution is 7.92. The van der Waals surface area contributed by atoms with E-state index in [-0.39, 0.29) is 22.8 Å². The van der Waals surface area contributed by atoms with Crippen molar-refractivity contribution in [3.8, 4) is 0 Å². The first-order chi connectivity index (χ1) is 8.50. The van der Waals surface area contributed by atoms with Gasteiger partial charge in [0, 0.05) is 32.1 Å². The summed E-state index contributed by atoms with van der Waals surface area (Å²) in [6.07, 6.45) is 2.43. The van der Waals surface area contributed by atoms with Gasteiger partial charge >= 0.3 is 0 Å². The molecule has 0 aromatic heterocycles. The molecule has 6 heteroatoms. The molecule has 5 nitrogen and oxygen atoms in total. The van der Waals surface area contributed by atoms with E-state index in [0.29, 0.717) is 26.1 Å². The zero-order valence-corrected chi connectivity index (χ0v) is 11.7. The average molecular weight is 274 g/mol. The van der Waals surface area contributed by atoms with Crippen molar-refractivity contribution in [2.45, 2.75) is 31.4 Å². The molecule has 2 rings (SSSR count). The Labute approximate surface area is 109 Å². The van der Waals surface area contributed by atoms with Gasteiger partial charge in [-0.05, 0) is 12.8 Å². The first-order valence-electron chi connectivity index (χ1n) is 6.72. The lowest BCUT2D eigenvalue weighted by Crippen LogP contribution is -2.44. The van der Waals surface area contributed by atoms with Crippen LogP contribution < -0.4 is 5.32 Å². The number of hydrogen-bond acceptors (Lipinski definition) is 4. The number of hydrogen-bond donors (Lipinski definition) is 1. The largest absolute Gasteiger partial charge is 0.340 e. The molecule has 2 atom stereocenters. The number of nitrogens with one attached hydrogen (secondary N) is 1. The predicted molar refractivity (Wildman–Crippen MR) is 70.0 cm³/mol. The smallest absolute Gasteiger partial charge is 0.226 e. The van der Waals surface area contributed by atoms with Gasteiger partial charge in [-0.25, -0.2) is 8.42 Å². The summed E-state index contributed by atoms with van der Waals surface area (Å²) in [6.45, 7) is 4.33. The van der Waals surface area contributed by atoms with Crippen molar-refractivity contribution in [3.05, 3.63) is 0 Å². The molecule has 0 spiro atoms. The standard InChI is InChI=1S/C12H22N2O3S/c1-10-8-13-5-6-14(12(10)15)9-11-4-2-3-7-18(11,16)17/h10-11,13H,2-9H2,1H3. The van der Waals surface area contributed by atoms with Gasteiger partial charge < -0.3 is 10.2 Å². The monoisotopic (exact) mass is 274 g/mol. The Hall–Kier alpha value is -0.620. The van der Waals surface area contributed by atoms with Crippen LogP contribution in [0.25, 0.3) is 0 Å². The van der Waals surface area contributed by atoms with Crippen LogP contribution in [0.2, 0.25) is 0 Å². The topological polar surface area (TPSA) is 66.5 Å². The van der Waals surface area contributed by atoms with E-state index in [1.165, 1.54) is 0 Å². The van der Waals surface area contributed by atoms with Crippen molar-refractivity contribution in [2.75, 3.05) is 31.9 Å². The molecule has 2 saturated heterocycles. The van der Waals surface area contributed by atoms with E-state index in [2.05, 4.69) is 5.32 Å². The third-order valence-corrected chi connectivity index (χ3v) is 6.14. The second-order valence-corrected chi connectivity index (χ2v) is 7.77. The molecule has 0 aliphatic carbocycles. The van der Waals surface area contributed by atoms with Gasteiger partial charge in [0.05, 0.1) is 11.0 Å². The van der Waals surface area contributed by atoms with E-state index in [1.807, 2.05) is 6.92 Å². The van der Waals surface area contributed by atoms with E-state index in [0.717, 1.165) is 19.4 Å². The minimum absolute atomic E-state index is 0.0567. The second kappa shape index (κ2) is 5.57. The summed E-state index contributed by atoms with van der Waals surface area (Å²) < 4.78 is 24.0. The van der Waals surface area contributed by atoms with Crippen molar-refractivity contribution in [1.29, 1.82) is 0 Å². The lowest BCUT2D eigenvalue weighted by molar-refractivity contribution is -0.133. The van der Waals surface area contributed by atoms with Crippen LogP contribution in [-0.4, -0.2) is 56.4 Å². The maximum Gasteiger partial charge on any atom is 0.226 e. The number of carbonyl (C=O) groups is 1. The van der Waals surface area contributed by atoms with E-state index < -0.39 is 9.84 Å². The van der Waals surface area contributed by atoms with E-state index in [4.69, 9.17) is 0 Å². The third-order valence-electron chi connectivity index (χ3n) is 3.88. The molecule has 2 heterocycles. The van der Waals surface area contributed by atoms with Crippen molar-refractivity contribution in [3.63, 3.8) is 0 Å². The molecule has 18 heavy (non-hydrogen) atoms. The lowest BCUT2D eigenvalue weighted by atomic mass is 10.1. The first kappa shape index (κ1) is 13.8. The molecule has 1 N–H and O–H groups in total. The van der Waals surface area contributed by atoms with Crippen molar-refractivity contribution in [1.82, 2.24) is 10.2 Å². The van der Waals surface area contributed by atoms with E-state index in [9.17, 15) is 13.2 Å². The first-order valence-corrected chi connectivity index (χ1v) is 8.43. The van der Waals surface area contributed by atoms with Gasteiger partial charge in [-0.3, -0.25) is 4.79 Å². The van der Waals surface area contributed by atoms with Gasteiger partial charge in [0.15, 0.2) is 9.84 Å². The molecule has 2 fully saturated rings. The summed E-state index contributed by atoms with van der Waals surface area (Å²) in [5.74, 6) is 0.313. The van der Waals surface area contributed by atoms with Crippen LogP contribution in [0.3, 0.4) is 0 Å². The van der Waals surface area contributed by atoms with Gasteiger partial charge in [-0.1, -0.05) is 13.3 Å². The quantitative estimate of drug-likeness (QED) is 0.771. The zero-order chi connectivity index (χ0) is 13.2. The fraction of sp³-hybridized carbons (Fsp3) is 0.917. The Morgan fingerprint density at radius 3 is 2.89 bits per heavy atom. The number of nitrogens with zero attached hydrogens (tertiary/aromatic N) is 1. The Balaban J connectivity index is 2.05. The lowest BCUT2D eigenvalue weighted by Gasteiger charge is -2.29.